The third-order valence-corrected chi connectivity index (χ3v) is 2.29. The third-order valence-electron chi connectivity index (χ3n) is 2.29. The van der Waals surface area contributed by atoms with Crippen molar-refractivity contribution in [3.8, 4) is 0 Å². The second-order valence-corrected chi connectivity index (χ2v) is 3.16. The number of nitrogens with one attached hydrogen (secondary N) is 1. The van der Waals surface area contributed by atoms with Gasteiger partial charge in [-0.25, -0.2) is 0 Å². The second-order valence-electron chi connectivity index (χ2n) is 3.16. The molecule has 0 aliphatic carbocycles. The summed E-state index contributed by atoms with van der Waals surface area (Å²) in [6, 6.07) is 0. The van der Waals surface area contributed by atoms with Crippen LogP contribution in [0.4, 0.5) is 0 Å². The molecule has 1 unspecified atom stereocenters. The highest BCUT2D eigenvalue weighted by Gasteiger charge is 2.11. The number of aromatic nitrogens is 2. The maximum atomic E-state index is 4.16. The van der Waals surface area contributed by atoms with Crippen molar-refractivity contribution in [2.24, 2.45) is 0 Å². The summed E-state index contributed by atoms with van der Waals surface area (Å²) in [6.07, 6.45) is 1.18. The first-order chi connectivity index (χ1) is 5.16. The molecule has 0 saturated carbocycles. The Hall–Kier alpha value is -0.790. The lowest BCUT2D eigenvalue weighted by atomic mass is 9.97. The summed E-state index contributed by atoms with van der Waals surface area (Å²) >= 11 is 0. The molecule has 2 heteroatoms. The minimum atomic E-state index is 0.633. The zero-order valence-electron chi connectivity index (χ0n) is 7.73. The predicted octanol–water partition coefficient (Wildman–Crippen LogP) is 2.54. The summed E-state index contributed by atoms with van der Waals surface area (Å²) in [5.41, 5.74) is 3.77. The van der Waals surface area contributed by atoms with E-state index in [4.69, 9.17) is 0 Å². The van der Waals surface area contributed by atoms with Crippen molar-refractivity contribution in [2.75, 3.05) is 0 Å². The minimum Gasteiger partial charge on any atom is -0.282 e. The number of hydrogen-bond acceptors (Lipinski definition) is 1. The van der Waals surface area contributed by atoms with Crippen LogP contribution in [0.5, 0.6) is 0 Å². The highest BCUT2D eigenvalue weighted by atomic mass is 15.1. The fourth-order valence-corrected chi connectivity index (χ4v) is 1.49. The summed E-state index contributed by atoms with van der Waals surface area (Å²) in [6.45, 7) is 8.59. The van der Waals surface area contributed by atoms with Crippen LogP contribution in [-0.2, 0) is 0 Å². The van der Waals surface area contributed by atoms with E-state index in [0.29, 0.717) is 5.92 Å². The van der Waals surface area contributed by atoms with Gasteiger partial charge in [0, 0.05) is 5.69 Å². The standard InChI is InChI=1S/C9H16N2/c1-5-6(2)9-7(3)10-11-8(9)4/h6H,5H2,1-4H3,(H,10,11). The van der Waals surface area contributed by atoms with Crippen molar-refractivity contribution in [2.45, 2.75) is 40.0 Å². The molecule has 0 amide bonds. The van der Waals surface area contributed by atoms with E-state index < -0.39 is 0 Å². The second kappa shape index (κ2) is 3.07. The molecule has 1 N–H and O–H groups in total. The Kier molecular flexibility index (Phi) is 2.32. The van der Waals surface area contributed by atoms with Crippen LogP contribution in [0.2, 0.25) is 0 Å². The number of nitrogens with zero attached hydrogens (tertiary/aromatic N) is 1. The lowest BCUT2D eigenvalue weighted by Gasteiger charge is -2.07. The summed E-state index contributed by atoms with van der Waals surface area (Å²) < 4.78 is 0. The Morgan fingerprint density at radius 1 is 1.45 bits per heavy atom. The molecule has 1 rings (SSSR count). The first-order valence-corrected chi connectivity index (χ1v) is 4.18. The van der Waals surface area contributed by atoms with Gasteiger partial charge in [-0.15, -0.1) is 0 Å². The van der Waals surface area contributed by atoms with Crippen molar-refractivity contribution in [3.63, 3.8) is 0 Å². The number of rotatable bonds is 2. The van der Waals surface area contributed by atoms with Crippen LogP contribution >= 0.6 is 0 Å². The van der Waals surface area contributed by atoms with Gasteiger partial charge in [0.15, 0.2) is 0 Å². The van der Waals surface area contributed by atoms with E-state index in [1.54, 1.807) is 0 Å². The number of H-pyrrole nitrogens is 1. The van der Waals surface area contributed by atoms with Gasteiger partial charge < -0.3 is 0 Å². The molecule has 1 aromatic heterocycles. The molecule has 0 aromatic carbocycles. The summed E-state index contributed by atoms with van der Waals surface area (Å²) in [5, 5.41) is 7.16. The van der Waals surface area contributed by atoms with Crippen molar-refractivity contribution in [1.29, 1.82) is 0 Å². The first-order valence-electron chi connectivity index (χ1n) is 4.18. The summed E-state index contributed by atoms with van der Waals surface area (Å²) in [5.74, 6) is 0.633. The Morgan fingerprint density at radius 2 is 2.09 bits per heavy atom. The van der Waals surface area contributed by atoms with E-state index in [0.717, 1.165) is 5.69 Å². The van der Waals surface area contributed by atoms with Crippen LogP contribution in [0, 0.1) is 13.8 Å². The van der Waals surface area contributed by atoms with E-state index in [1.807, 2.05) is 0 Å². The summed E-state index contributed by atoms with van der Waals surface area (Å²) in [4.78, 5) is 0. The number of hydrogen-bond donors (Lipinski definition) is 1. The van der Waals surface area contributed by atoms with Crippen LogP contribution in [-0.4, -0.2) is 10.2 Å². The molecule has 1 heterocycles. The molecule has 2 nitrogen and oxygen atoms in total. The van der Waals surface area contributed by atoms with Gasteiger partial charge in [-0.1, -0.05) is 13.8 Å². The molecule has 1 aromatic rings. The molecule has 0 saturated heterocycles. The lowest BCUT2D eigenvalue weighted by Crippen LogP contribution is -1.94. The Morgan fingerprint density at radius 3 is 2.45 bits per heavy atom. The highest BCUT2D eigenvalue weighted by molar-refractivity contribution is 5.26. The molecule has 0 radical (unpaired) electrons. The van der Waals surface area contributed by atoms with E-state index >= 15 is 0 Å². The molecular weight excluding hydrogens is 136 g/mol. The van der Waals surface area contributed by atoms with Gasteiger partial charge in [-0.2, -0.15) is 5.10 Å². The van der Waals surface area contributed by atoms with E-state index in [9.17, 15) is 0 Å². The zero-order chi connectivity index (χ0) is 8.43. The normalized spacial score (nSPS) is 13.5. The molecule has 62 valence electrons. The Labute approximate surface area is 68.0 Å². The Balaban J connectivity index is 3.00. The van der Waals surface area contributed by atoms with Gasteiger partial charge in [0.1, 0.15) is 0 Å². The number of aryl methyl sites for hydroxylation is 2. The summed E-state index contributed by atoms with van der Waals surface area (Å²) in [7, 11) is 0. The van der Waals surface area contributed by atoms with Crippen LogP contribution in [0.1, 0.15) is 43.1 Å². The molecule has 0 fully saturated rings. The van der Waals surface area contributed by atoms with E-state index in [2.05, 4.69) is 37.9 Å². The van der Waals surface area contributed by atoms with Gasteiger partial charge >= 0.3 is 0 Å². The van der Waals surface area contributed by atoms with Gasteiger partial charge in [-0.3, -0.25) is 5.10 Å². The van der Waals surface area contributed by atoms with Crippen molar-refractivity contribution >= 4 is 0 Å². The topological polar surface area (TPSA) is 28.7 Å². The lowest BCUT2D eigenvalue weighted by molar-refractivity contribution is 0.723. The van der Waals surface area contributed by atoms with Gasteiger partial charge in [0.2, 0.25) is 0 Å². The van der Waals surface area contributed by atoms with Crippen LogP contribution in [0.3, 0.4) is 0 Å². The van der Waals surface area contributed by atoms with Crippen LogP contribution in [0.15, 0.2) is 0 Å². The molecule has 1 atom stereocenters. The smallest absolute Gasteiger partial charge is 0.0628 e. The Bertz CT molecular complexity index is 218. The first kappa shape index (κ1) is 8.31. The van der Waals surface area contributed by atoms with Crippen molar-refractivity contribution in [1.82, 2.24) is 10.2 Å². The van der Waals surface area contributed by atoms with Crippen molar-refractivity contribution < 1.29 is 0 Å². The van der Waals surface area contributed by atoms with Gasteiger partial charge in [0.05, 0.1) is 5.69 Å². The zero-order valence-corrected chi connectivity index (χ0v) is 7.73. The monoisotopic (exact) mass is 152 g/mol. The fourth-order valence-electron chi connectivity index (χ4n) is 1.49. The van der Waals surface area contributed by atoms with Gasteiger partial charge in [0.25, 0.3) is 0 Å². The average molecular weight is 152 g/mol. The number of aromatic amines is 1. The average Bonchev–Trinajstić information content (AvgIpc) is 2.30. The molecule has 11 heavy (non-hydrogen) atoms. The fraction of sp³-hybridized carbons (Fsp3) is 0.667. The maximum absolute atomic E-state index is 4.16. The molecular formula is C9H16N2. The molecule has 0 aliphatic heterocycles. The van der Waals surface area contributed by atoms with E-state index in [-0.39, 0.29) is 0 Å². The SMILES string of the molecule is CCC(C)c1c(C)n[nH]c1C. The molecule has 0 spiro atoms. The van der Waals surface area contributed by atoms with Crippen molar-refractivity contribution in [3.05, 3.63) is 17.0 Å². The van der Waals surface area contributed by atoms with Crippen LogP contribution in [0.25, 0.3) is 0 Å². The van der Waals surface area contributed by atoms with E-state index in [1.165, 1.54) is 17.7 Å². The maximum Gasteiger partial charge on any atom is 0.0628 e. The largest absolute Gasteiger partial charge is 0.282 e. The van der Waals surface area contributed by atoms with Crippen LogP contribution < -0.4 is 0 Å². The predicted molar refractivity (Wildman–Crippen MR) is 46.8 cm³/mol. The van der Waals surface area contributed by atoms with Gasteiger partial charge in [-0.05, 0) is 31.7 Å². The highest BCUT2D eigenvalue weighted by Crippen LogP contribution is 2.23. The quantitative estimate of drug-likeness (QED) is 0.693. The molecule has 0 bridgehead atoms. The minimum absolute atomic E-state index is 0.633. The third kappa shape index (κ3) is 1.44. The molecule has 0 aliphatic rings.